The maximum absolute atomic E-state index is 14.3. The van der Waals surface area contributed by atoms with Gasteiger partial charge in [-0.05, 0) is 61.7 Å². The number of amides is 2. The number of hydroxylamine groups is 1. The summed E-state index contributed by atoms with van der Waals surface area (Å²) in [7, 11) is 0. The lowest BCUT2D eigenvalue weighted by Gasteiger charge is -2.28. The van der Waals surface area contributed by atoms with Crippen molar-refractivity contribution in [2.24, 2.45) is 0 Å². The number of benzene rings is 3. The molecule has 4 N–H and O–H groups in total. The van der Waals surface area contributed by atoms with Crippen LogP contribution in [0.1, 0.15) is 30.1 Å². The maximum atomic E-state index is 14.3. The number of phenolic OH excluding ortho intramolecular Hbond substituents is 1. The molecule has 0 saturated carbocycles. The van der Waals surface area contributed by atoms with Gasteiger partial charge >= 0.3 is 6.09 Å². The van der Waals surface area contributed by atoms with Crippen LogP contribution in [0, 0.1) is 12.7 Å². The Hall–Kier alpha value is -4.37. The van der Waals surface area contributed by atoms with Crippen LogP contribution in [0.15, 0.2) is 84.9 Å². The summed E-state index contributed by atoms with van der Waals surface area (Å²) in [6, 6.07) is 19.6. The van der Waals surface area contributed by atoms with Crippen molar-refractivity contribution in [1.29, 1.82) is 0 Å². The molecule has 0 bridgehead atoms. The fourth-order valence-electron chi connectivity index (χ4n) is 3.39. The minimum absolute atomic E-state index is 0.259. The summed E-state index contributed by atoms with van der Waals surface area (Å²) in [5.41, 5.74) is 3.30. The smallest absolute Gasteiger partial charge is 0.412 e. The van der Waals surface area contributed by atoms with Crippen molar-refractivity contribution in [3.05, 3.63) is 102 Å². The second-order valence-corrected chi connectivity index (χ2v) is 7.95. The van der Waals surface area contributed by atoms with E-state index in [2.05, 4.69) is 5.32 Å². The van der Waals surface area contributed by atoms with Crippen LogP contribution in [0.5, 0.6) is 11.5 Å². The van der Waals surface area contributed by atoms with Crippen molar-refractivity contribution in [3.63, 3.8) is 0 Å². The lowest BCUT2D eigenvalue weighted by atomic mass is 9.99. The quantitative estimate of drug-likeness (QED) is 0.170. The Kier molecular flexibility index (Phi) is 9.41. The van der Waals surface area contributed by atoms with Crippen molar-refractivity contribution in [3.8, 4) is 11.5 Å². The predicted molar refractivity (Wildman–Crippen MR) is 131 cm³/mol. The first-order chi connectivity index (χ1) is 17.4. The number of hydrogen-bond acceptors (Lipinski definition) is 6. The van der Waals surface area contributed by atoms with Gasteiger partial charge in [-0.15, -0.1) is 0 Å². The lowest BCUT2D eigenvalue weighted by molar-refractivity contribution is -0.124. The summed E-state index contributed by atoms with van der Waals surface area (Å²) in [5, 5.41) is 21.0. The van der Waals surface area contributed by atoms with Gasteiger partial charge in [0.1, 0.15) is 11.9 Å². The third-order valence-corrected chi connectivity index (χ3v) is 5.20. The Bertz CT molecular complexity index is 1180. The molecule has 9 heteroatoms. The van der Waals surface area contributed by atoms with Gasteiger partial charge in [-0.25, -0.2) is 14.7 Å². The molecule has 0 heterocycles. The number of allylic oxidation sites excluding steroid dienone is 1. The highest BCUT2D eigenvalue weighted by atomic mass is 19.1. The van der Waals surface area contributed by atoms with E-state index in [1.54, 1.807) is 36.4 Å². The van der Waals surface area contributed by atoms with E-state index in [9.17, 15) is 19.1 Å². The van der Waals surface area contributed by atoms with Crippen LogP contribution in [-0.2, 0) is 9.53 Å². The number of carbonyl (C=O) groups excluding carboxylic acids is 2. The Morgan fingerprint density at radius 1 is 1.06 bits per heavy atom. The minimum Gasteiger partial charge on any atom is -0.505 e. The molecule has 0 aromatic heterocycles. The van der Waals surface area contributed by atoms with E-state index in [1.807, 2.05) is 25.1 Å². The van der Waals surface area contributed by atoms with E-state index in [1.165, 1.54) is 23.7 Å². The van der Waals surface area contributed by atoms with Gasteiger partial charge < -0.3 is 14.6 Å². The zero-order valence-electron chi connectivity index (χ0n) is 19.6. The summed E-state index contributed by atoms with van der Waals surface area (Å²) in [6.07, 6.45) is 0.579. The third kappa shape index (κ3) is 7.85. The molecule has 36 heavy (non-hydrogen) atoms. The summed E-state index contributed by atoms with van der Waals surface area (Å²) in [6.45, 7) is 1.92. The Morgan fingerprint density at radius 2 is 1.78 bits per heavy atom. The number of phenols is 1. The average molecular weight is 495 g/mol. The van der Waals surface area contributed by atoms with Crippen molar-refractivity contribution in [2.45, 2.75) is 32.0 Å². The molecule has 0 unspecified atom stereocenters. The minimum atomic E-state index is -1.08. The maximum Gasteiger partial charge on any atom is 0.412 e. The number of aryl methyl sites for hydroxylation is 1. The van der Waals surface area contributed by atoms with Crippen LogP contribution in [0.3, 0.4) is 0 Å². The number of hydrogen-bond donors (Lipinski definition) is 4. The average Bonchev–Trinajstić information content (AvgIpc) is 2.88. The van der Waals surface area contributed by atoms with Crippen LogP contribution in [-0.4, -0.2) is 28.4 Å². The van der Waals surface area contributed by atoms with Crippen molar-refractivity contribution in [2.75, 3.05) is 5.32 Å². The van der Waals surface area contributed by atoms with E-state index in [-0.39, 0.29) is 12.0 Å². The molecule has 8 nitrogen and oxygen atoms in total. The van der Waals surface area contributed by atoms with Gasteiger partial charge in [-0.1, -0.05) is 48.0 Å². The second kappa shape index (κ2) is 12.9. The zero-order chi connectivity index (χ0) is 25.9. The van der Waals surface area contributed by atoms with Gasteiger partial charge in [0.25, 0.3) is 5.91 Å². The van der Waals surface area contributed by atoms with Gasteiger partial charge in [0.15, 0.2) is 17.7 Å². The first-order valence-corrected chi connectivity index (χ1v) is 11.2. The number of carbonyl (C=O) groups is 2. The number of rotatable bonds is 10. The molecule has 0 aliphatic rings. The fraction of sp³-hybridized carbons (Fsp3) is 0.185. The van der Waals surface area contributed by atoms with Crippen LogP contribution in [0.2, 0.25) is 0 Å². The molecule has 0 saturated heterocycles. The van der Waals surface area contributed by atoms with Crippen molar-refractivity contribution < 1.29 is 33.8 Å². The van der Waals surface area contributed by atoms with Gasteiger partial charge in [0.05, 0.1) is 0 Å². The SMILES string of the molecule is Cc1ccc(NC(=O)O[C@H](c2ccc(O)c(F)c2)[C@@H](CC/C=C/C(=O)NO)Oc2ccccc2)cc1. The van der Waals surface area contributed by atoms with Crippen molar-refractivity contribution in [1.82, 2.24) is 5.48 Å². The molecule has 3 aromatic carbocycles. The van der Waals surface area contributed by atoms with E-state index in [4.69, 9.17) is 14.7 Å². The first kappa shape index (κ1) is 26.2. The van der Waals surface area contributed by atoms with Crippen LogP contribution >= 0.6 is 0 Å². The Morgan fingerprint density at radius 3 is 2.44 bits per heavy atom. The first-order valence-electron chi connectivity index (χ1n) is 11.2. The molecule has 3 rings (SSSR count). The van der Waals surface area contributed by atoms with Gasteiger partial charge in [-0.2, -0.15) is 0 Å². The number of anilines is 1. The highest BCUT2D eigenvalue weighted by Crippen LogP contribution is 2.31. The lowest BCUT2D eigenvalue weighted by Crippen LogP contribution is -2.31. The van der Waals surface area contributed by atoms with E-state index < -0.39 is 35.8 Å². The van der Waals surface area contributed by atoms with E-state index >= 15 is 0 Å². The van der Waals surface area contributed by atoms with Crippen LogP contribution in [0.4, 0.5) is 14.9 Å². The topological polar surface area (TPSA) is 117 Å². The standard InChI is InChI=1S/C27H27FN2O6/c1-18-11-14-20(15-12-18)29-27(33)36-26(19-13-16-23(31)22(28)17-19)24(9-5-6-10-25(32)30-34)35-21-7-3-2-4-8-21/h2-4,6-8,10-17,24,26,31,34H,5,9H2,1H3,(H,29,33)(H,30,32)/b10-6+/t24-,26-/m1/s1. The number of nitrogens with one attached hydrogen (secondary N) is 2. The summed E-state index contributed by atoms with van der Waals surface area (Å²) in [4.78, 5) is 24.1. The molecule has 0 spiro atoms. The van der Waals surface area contributed by atoms with Gasteiger partial charge in [-0.3, -0.25) is 15.3 Å². The summed E-state index contributed by atoms with van der Waals surface area (Å²) < 4.78 is 26.1. The number of ether oxygens (including phenoxy) is 2. The molecule has 0 fully saturated rings. The summed E-state index contributed by atoms with van der Waals surface area (Å²) in [5.74, 6) is -1.62. The number of halogens is 1. The van der Waals surface area contributed by atoms with Gasteiger partial charge in [0.2, 0.25) is 0 Å². The molecule has 3 aromatic rings. The molecular formula is C27H27FN2O6. The molecule has 188 valence electrons. The second-order valence-electron chi connectivity index (χ2n) is 7.95. The number of para-hydroxylation sites is 1. The Balaban J connectivity index is 1.89. The molecule has 2 amide bonds. The molecule has 0 aliphatic carbocycles. The monoisotopic (exact) mass is 494 g/mol. The highest BCUT2D eigenvalue weighted by Gasteiger charge is 2.30. The Labute approximate surface area is 207 Å². The van der Waals surface area contributed by atoms with Crippen LogP contribution < -0.4 is 15.5 Å². The normalized spacial score (nSPS) is 12.5. The summed E-state index contributed by atoms with van der Waals surface area (Å²) >= 11 is 0. The third-order valence-electron chi connectivity index (χ3n) is 5.20. The van der Waals surface area contributed by atoms with E-state index in [0.29, 0.717) is 17.9 Å². The van der Waals surface area contributed by atoms with E-state index in [0.717, 1.165) is 17.7 Å². The zero-order valence-corrected chi connectivity index (χ0v) is 19.6. The van der Waals surface area contributed by atoms with Crippen LogP contribution in [0.25, 0.3) is 0 Å². The number of aromatic hydroxyl groups is 1. The molecule has 2 atom stereocenters. The fourth-order valence-corrected chi connectivity index (χ4v) is 3.39. The largest absolute Gasteiger partial charge is 0.505 e. The van der Waals surface area contributed by atoms with Gasteiger partial charge in [0, 0.05) is 11.8 Å². The van der Waals surface area contributed by atoms with Crippen molar-refractivity contribution >= 4 is 17.7 Å². The molecule has 0 radical (unpaired) electrons. The highest BCUT2D eigenvalue weighted by molar-refractivity contribution is 5.86. The predicted octanol–water partition coefficient (Wildman–Crippen LogP) is 5.42. The molecule has 0 aliphatic heterocycles. The molecular weight excluding hydrogens is 467 g/mol.